The van der Waals surface area contributed by atoms with Gasteiger partial charge < -0.3 is 14.2 Å². The number of hydrogen-bond donors (Lipinski definition) is 0. The van der Waals surface area contributed by atoms with Crippen LogP contribution in [-0.4, -0.2) is 42.4 Å². The van der Waals surface area contributed by atoms with Crippen molar-refractivity contribution >= 4 is 51.6 Å². The van der Waals surface area contributed by atoms with Gasteiger partial charge >= 0.3 is 0 Å². The lowest BCUT2D eigenvalue weighted by molar-refractivity contribution is -0.123. The second-order valence-corrected chi connectivity index (χ2v) is 10.2. The van der Waals surface area contributed by atoms with E-state index in [-0.39, 0.29) is 24.3 Å². The quantitative estimate of drug-likeness (QED) is 0.227. The summed E-state index contributed by atoms with van der Waals surface area (Å²) in [5.74, 6) is 2.10. The number of amides is 2. The number of ether oxygens (including phenoxy) is 3. The minimum Gasteiger partial charge on any atom is -0.491 e. The summed E-state index contributed by atoms with van der Waals surface area (Å²) in [6, 6.07) is 9.86. The van der Waals surface area contributed by atoms with E-state index in [0.29, 0.717) is 35.5 Å². The van der Waals surface area contributed by atoms with E-state index in [4.69, 9.17) is 14.2 Å². The topological polar surface area (TPSA) is 65.1 Å². The van der Waals surface area contributed by atoms with E-state index in [9.17, 15) is 9.59 Å². The summed E-state index contributed by atoms with van der Waals surface area (Å²) < 4.78 is 18.3. The third-order valence-electron chi connectivity index (χ3n) is 5.16. The first-order valence-electron chi connectivity index (χ1n) is 11.3. The molecular formula is C26H30INO5S. The van der Waals surface area contributed by atoms with Gasteiger partial charge in [0, 0.05) is 0 Å². The molecule has 1 heterocycles. The average Bonchev–Trinajstić information content (AvgIpc) is 3.03. The van der Waals surface area contributed by atoms with Gasteiger partial charge in [-0.3, -0.25) is 14.5 Å². The summed E-state index contributed by atoms with van der Waals surface area (Å²) in [7, 11) is 0. The van der Waals surface area contributed by atoms with Crippen LogP contribution in [0, 0.1) is 10.5 Å². The lowest BCUT2D eigenvalue weighted by atomic mass is 10.0. The summed E-state index contributed by atoms with van der Waals surface area (Å²) >= 11 is 3.13. The molecule has 0 atom stereocenters. The highest BCUT2D eigenvalue weighted by Gasteiger charge is 2.35. The van der Waals surface area contributed by atoms with E-state index in [1.54, 1.807) is 6.08 Å². The fraction of sp³-hybridized carbons (Fsp3) is 0.385. The number of benzene rings is 2. The molecule has 182 valence electrons. The van der Waals surface area contributed by atoms with E-state index < -0.39 is 0 Å². The molecule has 3 rings (SSSR count). The maximum Gasteiger partial charge on any atom is 0.293 e. The molecule has 0 bridgehead atoms. The Kier molecular flexibility index (Phi) is 9.30. The normalized spacial score (nSPS) is 14.9. The first-order chi connectivity index (χ1) is 16.2. The van der Waals surface area contributed by atoms with Crippen LogP contribution in [0.25, 0.3) is 6.08 Å². The molecule has 0 unspecified atom stereocenters. The van der Waals surface area contributed by atoms with Crippen LogP contribution in [0.2, 0.25) is 0 Å². The predicted octanol–water partition coefficient (Wildman–Crippen LogP) is 6.64. The lowest BCUT2D eigenvalue weighted by Crippen LogP contribution is -2.32. The fourth-order valence-corrected chi connectivity index (χ4v) is 5.20. The van der Waals surface area contributed by atoms with E-state index >= 15 is 0 Å². The summed E-state index contributed by atoms with van der Waals surface area (Å²) in [5, 5.41) is -0.293. The molecule has 0 N–H and O–H groups in total. The van der Waals surface area contributed by atoms with E-state index in [1.165, 1.54) is 4.90 Å². The Morgan fingerprint density at radius 2 is 1.76 bits per heavy atom. The average molecular weight is 595 g/mol. The number of aryl methyl sites for hydroxylation is 1. The van der Waals surface area contributed by atoms with Gasteiger partial charge in [0.15, 0.2) is 11.5 Å². The number of carbonyl (C=O) groups is 2. The van der Waals surface area contributed by atoms with E-state index in [0.717, 1.165) is 37.8 Å². The zero-order chi connectivity index (χ0) is 24.8. The zero-order valence-corrected chi connectivity index (χ0v) is 23.1. The van der Waals surface area contributed by atoms with Gasteiger partial charge in [-0.1, -0.05) is 26.0 Å². The lowest BCUT2D eigenvalue weighted by Gasteiger charge is -2.17. The SMILES string of the molecule is CCOc1cc(/C=C2\SC(=O)N(CCOc3cc(C)ccc3C(C)C)C2=O)cc(I)c1OCC. The van der Waals surface area contributed by atoms with Gasteiger partial charge in [-0.15, -0.1) is 0 Å². The number of rotatable bonds is 10. The number of imide groups is 1. The Morgan fingerprint density at radius 3 is 2.44 bits per heavy atom. The number of halogens is 1. The number of carbonyl (C=O) groups excluding carboxylic acids is 2. The number of thioether (sulfide) groups is 1. The van der Waals surface area contributed by atoms with Gasteiger partial charge in [0.1, 0.15) is 12.4 Å². The van der Waals surface area contributed by atoms with Crippen molar-refractivity contribution in [2.24, 2.45) is 0 Å². The molecular weight excluding hydrogens is 565 g/mol. The van der Waals surface area contributed by atoms with Crippen molar-refractivity contribution in [1.29, 1.82) is 0 Å². The molecule has 0 aromatic heterocycles. The van der Waals surface area contributed by atoms with Crippen LogP contribution >= 0.6 is 34.4 Å². The fourth-order valence-electron chi connectivity index (χ4n) is 3.55. The van der Waals surface area contributed by atoms with Gasteiger partial charge in [-0.2, -0.15) is 0 Å². The van der Waals surface area contributed by atoms with Gasteiger partial charge in [-0.05, 0) is 102 Å². The molecule has 2 aromatic rings. The molecule has 0 spiro atoms. The molecule has 0 radical (unpaired) electrons. The Bertz CT molecular complexity index is 1100. The Hall–Kier alpha value is -2.20. The second kappa shape index (κ2) is 12.0. The van der Waals surface area contributed by atoms with Crippen molar-refractivity contribution in [3.8, 4) is 17.2 Å². The third kappa shape index (κ3) is 6.27. The molecule has 0 aliphatic carbocycles. The number of nitrogens with zero attached hydrogens (tertiary/aromatic N) is 1. The molecule has 1 aliphatic rings. The van der Waals surface area contributed by atoms with Crippen molar-refractivity contribution < 1.29 is 23.8 Å². The first kappa shape index (κ1) is 26.4. The van der Waals surface area contributed by atoms with Crippen molar-refractivity contribution in [2.45, 2.75) is 40.5 Å². The molecule has 1 aliphatic heterocycles. The predicted molar refractivity (Wildman–Crippen MR) is 145 cm³/mol. The highest BCUT2D eigenvalue weighted by atomic mass is 127. The highest BCUT2D eigenvalue weighted by molar-refractivity contribution is 14.1. The summed E-state index contributed by atoms with van der Waals surface area (Å²) in [5.41, 5.74) is 2.99. The Labute approximate surface area is 219 Å². The van der Waals surface area contributed by atoms with E-state index in [1.807, 2.05) is 39.0 Å². The van der Waals surface area contributed by atoms with Crippen LogP contribution < -0.4 is 14.2 Å². The maximum atomic E-state index is 13.0. The number of hydrogen-bond acceptors (Lipinski definition) is 6. The summed E-state index contributed by atoms with van der Waals surface area (Å²) in [6.07, 6.45) is 1.73. The third-order valence-corrected chi connectivity index (χ3v) is 6.86. The Morgan fingerprint density at radius 1 is 1.03 bits per heavy atom. The Balaban J connectivity index is 1.73. The zero-order valence-electron chi connectivity index (χ0n) is 20.1. The summed E-state index contributed by atoms with van der Waals surface area (Å²) in [6.45, 7) is 11.5. The standard InChI is InChI=1S/C26H30INO5S/c1-6-31-22-14-18(13-20(27)24(22)32-7-2)15-23-25(29)28(26(30)34-23)10-11-33-21-12-17(5)8-9-19(21)16(3)4/h8-9,12-16H,6-7,10-11H2,1-5H3/b23-15-. The molecule has 34 heavy (non-hydrogen) atoms. The molecule has 0 saturated carbocycles. The first-order valence-corrected chi connectivity index (χ1v) is 13.2. The molecule has 2 amide bonds. The van der Waals surface area contributed by atoms with Crippen LogP contribution in [0.5, 0.6) is 17.2 Å². The van der Waals surface area contributed by atoms with Gasteiger partial charge in [0.05, 0.1) is 28.2 Å². The van der Waals surface area contributed by atoms with Gasteiger partial charge in [0.2, 0.25) is 0 Å². The van der Waals surface area contributed by atoms with Crippen molar-refractivity contribution in [3.63, 3.8) is 0 Å². The largest absolute Gasteiger partial charge is 0.491 e. The minimum absolute atomic E-state index is 0.193. The minimum atomic E-state index is -0.311. The van der Waals surface area contributed by atoms with Crippen molar-refractivity contribution in [1.82, 2.24) is 4.90 Å². The van der Waals surface area contributed by atoms with E-state index in [2.05, 4.69) is 48.6 Å². The monoisotopic (exact) mass is 595 g/mol. The molecule has 6 nitrogen and oxygen atoms in total. The van der Waals surface area contributed by atoms with Gasteiger partial charge in [0.25, 0.3) is 11.1 Å². The smallest absolute Gasteiger partial charge is 0.293 e. The molecule has 2 aromatic carbocycles. The summed E-state index contributed by atoms with van der Waals surface area (Å²) in [4.78, 5) is 27.1. The van der Waals surface area contributed by atoms with Crippen LogP contribution in [0.3, 0.4) is 0 Å². The molecule has 1 fully saturated rings. The molecule has 1 saturated heterocycles. The van der Waals surface area contributed by atoms with Crippen LogP contribution in [-0.2, 0) is 4.79 Å². The van der Waals surface area contributed by atoms with Crippen molar-refractivity contribution in [2.75, 3.05) is 26.4 Å². The van der Waals surface area contributed by atoms with Crippen LogP contribution in [0.1, 0.15) is 50.3 Å². The second-order valence-electron chi connectivity index (χ2n) is 8.07. The van der Waals surface area contributed by atoms with Crippen molar-refractivity contribution in [3.05, 3.63) is 55.5 Å². The van der Waals surface area contributed by atoms with Crippen LogP contribution in [0.15, 0.2) is 35.2 Å². The van der Waals surface area contributed by atoms with Crippen LogP contribution in [0.4, 0.5) is 4.79 Å². The molecule has 8 heteroatoms. The maximum absolute atomic E-state index is 13.0. The highest BCUT2D eigenvalue weighted by Crippen LogP contribution is 2.37. The van der Waals surface area contributed by atoms with Gasteiger partial charge in [-0.25, -0.2) is 0 Å².